The average Bonchev–Trinajstić information content (AvgIpc) is 2.37. The predicted octanol–water partition coefficient (Wildman–Crippen LogP) is 3.51. The number of amides is 2. The Labute approximate surface area is 147 Å². The van der Waals surface area contributed by atoms with Gasteiger partial charge in [-0.25, -0.2) is 14.6 Å². The molecular formula is C17H25N3O5. The lowest BCUT2D eigenvalue weighted by atomic mass is 10.2. The van der Waals surface area contributed by atoms with Crippen LogP contribution in [0.25, 0.3) is 0 Å². The number of rotatable bonds is 1. The molecular weight excluding hydrogens is 326 g/mol. The molecule has 0 unspecified atom stereocenters. The van der Waals surface area contributed by atoms with Gasteiger partial charge >= 0.3 is 12.2 Å². The number of benzene rings is 1. The molecule has 0 aliphatic carbocycles. The van der Waals surface area contributed by atoms with E-state index in [1.165, 1.54) is 24.3 Å². The molecule has 1 rings (SSSR count). The first kappa shape index (κ1) is 20.3. The summed E-state index contributed by atoms with van der Waals surface area (Å²) in [6.45, 7) is 9.95. The number of hydrogen-bond acceptors (Lipinski definition) is 6. The van der Waals surface area contributed by atoms with Crippen molar-refractivity contribution in [3.63, 3.8) is 0 Å². The molecule has 138 valence electrons. The van der Waals surface area contributed by atoms with E-state index in [-0.39, 0.29) is 5.75 Å². The number of imide groups is 1. The fourth-order valence-electron chi connectivity index (χ4n) is 1.59. The number of aromatic hydroxyl groups is 1. The van der Waals surface area contributed by atoms with E-state index in [0.717, 1.165) is 0 Å². The van der Waals surface area contributed by atoms with Crippen LogP contribution in [-0.4, -0.2) is 39.4 Å². The minimum Gasteiger partial charge on any atom is -0.508 e. The van der Waals surface area contributed by atoms with Crippen LogP contribution < -0.4 is 5.73 Å². The highest BCUT2D eigenvalue weighted by molar-refractivity contribution is 6.07. The van der Waals surface area contributed by atoms with E-state index >= 15 is 0 Å². The molecule has 1 aromatic carbocycles. The molecule has 0 aliphatic rings. The number of nitrogens with zero attached hydrogens (tertiary/aromatic N) is 2. The van der Waals surface area contributed by atoms with Gasteiger partial charge in [0.25, 0.3) is 0 Å². The third-order valence-electron chi connectivity index (χ3n) is 2.47. The molecule has 8 nitrogen and oxygen atoms in total. The predicted molar refractivity (Wildman–Crippen MR) is 93.7 cm³/mol. The van der Waals surface area contributed by atoms with Gasteiger partial charge < -0.3 is 20.3 Å². The number of carbonyl (C=O) groups is 2. The number of guanidine groups is 1. The standard InChI is InChI=1S/C17H25N3O5/c1-16(2,3)24-14(22)20(15(23)25-17(4,5)6)13(18)19-11-7-9-12(21)10-8-11/h7-10,21H,1-6H3,(H2,18,19). The average molecular weight is 351 g/mol. The molecule has 2 amide bonds. The summed E-state index contributed by atoms with van der Waals surface area (Å²) in [6, 6.07) is 5.75. The van der Waals surface area contributed by atoms with Crippen molar-refractivity contribution in [2.75, 3.05) is 0 Å². The highest BCUT2D eigenvalue weighted by atomic mass is 16.6. The molecule has 0 radical (unpaired) electrons. The van der Waals surface area contributed by atoms with Crippen molar-refractivity contribution in [3.8, 4) is 5.75 Å². The van der Waals surface area contributed by atoms with Gasteiger partial charge in [0, 0.05) is 0 Å². The molecule has 0 spiro atoms. The lowest BCUT2D eigenvalue weighted by molar-refractivity contribution is 0.0145. The molecule has 1 aromatic rings. The number of phenolic OH excluding ortho intramolecular Hbond substituents is 1. The first-order valence-electron chi connectivity index (χ1n) is 7.68. The molecule has 0 atom stereocenters. The van der Waals surface area contributed by atoms with Crippen molar-refractivity contribution in [2.24, 2.45) is 10.7 Å². The Morgan fingerprint density at radius 1 is 0.960 bits per heavy atom. The fraction of sp³-hybridized carbons (Fsp3) is 0.471. The van der Waals surface area contributed by atoms with Gasteiger partial charge in [-0.1, -0.05) is 0 Å². The number of hydrogen-bond donors (Lipinski definition) is 2. The molecule has 0 saturated heterocycles. The van der Waals surface area contributed by atoms with Crippen LogP contribution in [-0.2, 0) is 9.47 Å². The summed E-state index contributed by atoms with van der Waals surface area (Å²) in [7, 11) is 0. The van der Waals surface area contributed by atoms with Crippen LogP contribution in [0.3, 0.4) is 0 Å². The minimum atomic E-state index is -0.998. The van der Waals surface area contributed by atoms with E-state index in [1.807, 2.05) is 0 Å². The van der Waals surface area contributed by atoms with Gasteiger partial charge in [-0.3, -0.25) is 0 Å². The second-order valence-electron chi connectivity index (χ2n) is 7.28. The van der Waals surface area contributed by atoms with Gasteiger partial charge in [0.05, 0.1) is 5.69 Å². The van der Waals surface area contributed by atoms with Gasteiger partial charge in [0.1, 0.15) is 17.0 Å². The van der Waals surface area contributed by atoms with Crippen molar-refractivity contribution >= 4 is 23.8 Å². The third kappa shape index (κ3) is 7.11. The zero-order valence-electron chi connectivity index (χ0n) is 15.4. The lowest BCUT2D eigenvalue weighted by Crippen LogP contribution is -2.49. The van der Waals surface area contributed by atoms with Gasteiger partial charge in [0.2, 0.25) is 5.96 Å². The van der Waals surface area contributed by atoms with Crippen LogP contribution in [0.15, 0.2) is 29.3 Å². The first-order valence-corrected chi connectivity index (χ1v) is 7.68. The van der Waals surface area contributed by atoms with Gasteiger partial charge in [-0.05, 0) is 65.8 Å². The van der Waals surface area contributed by atoms with Crippen molar-refractivity contribution in [3.05, 3.63) is 24.3 Å². The second-order valence-corrected chi connectivity index (χ2v) is 7.28. The summed E-state index contributed by atoms with van der Waals surface area (Å²) in [5.41, 5.74) is 4.51. The Morgan fingerprint density at radius 2 is 1.36 bits per heavy atom. The highest BCUT2D eigenvalue weighted by Gasteiger charge is 2.34. The number of phenols is 1. The van der Waals surface area contributed by atoms with Crippen LogP contribution in [0.2, 0.25) is 0 Å². The third-order valence-corrected chi connectivity index (χ3v) is 2.47. The minimum absolute atomic E-state index is 0.0497. The fourth-order valence-corrected chi connectivity index (χ4v) is 1.59. The number of carbonyl (C=O) groups excluding carboxylic acids is 2. The maximum Gasteiger partial charge on any atom is 0.427 e. The van der Waals surface area contributed by atoms with Crippen LogP contribution in [0.1, 0.15) is 41.5 Å². The van der Waals surface area contributed by atoms with Gasteiger partial charge in [0.15, 0.2) is 0 Å². The SMILES string of the molecule is CC(C)(C)OC(=O)N(C(=O)OC(C)(C)C)C(N)=Nc1ccc(O)cc1. The molecule has 0 aromatic heterocycles. The zero-order valence-corrected chi connectivity index (χ0v) is 15.4. The van der Waals surface area contributed by atoms with Crippen LogP contribution in [0, 0.1) is 0 Å². The zero-order chi connectivity index (χ0) is 19.4. The normalized spacial score (nSPS) is 12.5. The molecule has 8 heteroatoms. The summed E-state index contributed by atoms with van der Waals surface area (Å²) >= 11 is 0. The number of nitrogens with two attached hydrogens (primary N) is 1. The monoisotopic (exact) mass is 351 g/mol. The largest absolute Gasteiger partial charge is 0.508 e. The summed E-state index contributed by atoms with van der Waals surface area (Å²) in [5, 5.41) is 9.29. The van der Waals surface area contributed by atoms with E-state index in [1.54, 1.807) is 41.5 Å². The highest BCUT2D eigenvalue weighted by Crippen LogP contribution is 2.19. The molecule has 0 heterocycles. The molecule has 0 aliphatic heterocycles. The molecule has 3 N–H and O–H groups in total. The Morgan fingerprint density at radius 3 is 1.72 bits per heavy atom. The van der Waals surface area contributed by atoms with Gasteiger partial charge in [-0.2, -0.15) is 0 Å². The van der Waals surface area contributed by atoms with Gasteiger partial charge in [-0.15, -0.1) is 4.90 Å². The Balaban J connectivity index is 3.17. The second kappa shape index (κ2) is 7.42. The first-order chi connectivity index (χ1) is 11.3. The molecule has 0 saturated carbocycles. The Kier molecular flexibility index (Phi) is 6.01. The van der Waals surface area contributed by atoms with E-state index < -0.39 is 29.3 Å². The summed E-state index contributed by atoms with van der Waals surface area (Å²) in [4.78, 5) is 29.3. The summed E-state index contributed by atoms with van der Waals surface area (Å²) in [6.07, 6.45) is -2.00. The maximum atomic E-state index is 12.4. The van der Waals surface area contributed by atoms with E-state index in [9.17, 15) is 14.7 Å². The molecule has 0 bridgehead atoms. The summed E-state index contributed by atoms with van der Waals surface area (Å²) < 4.78 is 10.4. The summed E-state index contributed by atoms with van der Waals surface area (Å²) in [5.74, 6) is -0.358. The number of aliphatic imine (C=N–C) groups is 1. The molecule has 25 heavy (non-hydrogen) atoms. The van der Waals surface area contributed by atoms with E-state index in [2.05, 4.69) is 4.99 Å². The molecule has 0 fully saturated rings. The van der Waals surface area contributed by atoms with E-state index in [4.69, 9.17) is 15.2 Å². The Hall–Kier alpha value is -2.77. The van der Waals surface area contributed by atoms with E-state index in [0.29, 0.717) is 10.6 Å². The van der Waals surface area contributed by atoms with Crippen molar-refractivity contribution < 1.29 is 24.2 Å². The van der Waals surface area contributed by atoms with Crippen LogP contribution in [0.4, 0.5) is 15.3 Å². The van der Waals surface area contributed by atoms with Crippen LogP contribution in [0.5, 0.6) is 5.75 Å². The van der Waals surface area contributed by atoms with Crippen molar-refractivity contribution in [1.29, 1.82) is 0 Å². The van der Waals surface area contributed by atoms with Crippen molar-refractivity contribution in [1.82, 2.24) is 4.90 Å². The number of ether oxygens (including phenoxy) is 2. The lowest BCUT2D eigenvalue weighted by Gasteiger charge is -2.27. The topological polar surface area (TPSA) is 114 Å². The quantitative estimate of drug-likeness (QED) is 0.591. The van der Waals surface area contributed by atoms with Crippen molar-refractivity contribution in [2.45, 2.75) is 52.7 Å². The Bertz CT molecular complexity index is 626. The van der Waals surface area contributed by atoms with Crippen LogP contribution >= 0.6 is 0 Å². The maximum absolute atomic E-state index is 12.4. The smallest absolute Gasteiger partial charge is 0.427 e.